The summed E-state index contributed by atoms with van der Waals surface area (Å²) >= 11 is 5.05. The van der Waals surface area contributed by atoms with Gasteiger partial charge in [0, 0.05) is 17.3 Å². The third kappa shape index (κ3) is 4.35. The van der Waals surface area contributed by atoms with Crippen molar-refractivity contribution in [1.82, 2.24) is 0 Å². The number of benzene rings is 1. The number of rotatable bonds is 6. The van der Waals surface area contributed by atoms with Crippen molar-refractivity contribution < 1.29 is 0 Å². The molecule has 1 aromatic carbocycles. The molecule has 2 atom stereocenters. The summed E-state index contributed by atoms with van der Waals surface area (Å²) in [6, 6.07) is 8.38. The summed E-state index contributed by atoms with van der Waals surface area (Å²) < 4.78 is 0. The Labute approximate surface area is 110 Å². The smallest absolute Gasteiger partial charge is 0.106 e. The Kier molecular flexibility index (Phi) is 5.42. The molecule has 0 radical (unpaired) electrons. The first-order valence-corrected chi connectivity index (χ1v) is 6.60. The van der Waals surface area contributed by atoms with E-state index >= 15 is 0 Å². The van der Waals surface area contributed by atoms with E-state index in [0.717, 1.165) is 23.6 Å². The van der Waals surface area contributed by atoms with Crippen molar-refractivity contribution in [3.63, 3.8) is 0 Å². The lowest BCUT2D eigenvalue weighted by molar-refractivity contribution is 0.484. The minimum atomic E-state index is 0.431. The minimum absolute atomic E-state index is 0.431. The highest BCUT2D eigenvalue weighted by Crippen LogP contribution is 2.19. The summed E-state index contributed by atoms with van der Waals surface area (Å²) in [6.07, 6.45) is 2.37. The van der Waals surface area contributed by atoms with E-state index in [9.17, 15) is 0 Å². The van der Waals surface area contributed by atoms with Gasteiger partial charge in [0.15, 0.2) is 0 Å². The van der Waals surface area contributed by atoms with E-state index in [2.05, 4.69) is 26.1 Å². The van der Waals surface area contributed by atoms with Gasteiger partial charge in [-0.15, -0.1) is 0 Å². The van der Waals surface area contributed by atoms with Crippen molar-refractivity contribution >= 4 is 22.9 Å². The molecule has 0 aliphatic heterocycles. The number of thiocarbonyl (C=S) groups is 1. The number of hydrogen-bond donors (Lipinski definition) is 2. The summed E-state index contributed by atoms with van der Waals surface area (Å²) in [5, 5.41) is 3.49. The molecule has 3 N–H and O–H groups in total. The van der Waals surface area contributed by atoms with Gasteiger partial charge in [0.1, 0.15) is 4.99 Å². The van der Waals surface area contributed by atoms with Crippen LogP contribution in [-0.2, 0) is 0 Å². The molecule has 3 heteroatoms. The maximum Gasteiger partial charge on any atom is 0.106 e. The summed E-state index contributed by atoms with van der Waals surface area (Å²) in [4.78, 5) is 0.448. The van der Waals surface area contributed by atoms with Crippen LogP contribution in [0.5, 0.6) is 0 Å². The largest absolute Gasteiger partial charge is 0.389 e. The second-order valence-corrected chi connectivity index (χ2v) is 5.14. The fourth-order valence-electron chi connectivity index (χ4n) is 1.92. The third-order valence-corrected chi connectivity index (χ3v) is 3.27. The predicted molar refractivity (Wildman–Crippen MR) is 79.5 cm³/mol. The molecule has 0 heterocycles. The van der Waals surface area contributed by atoms with Gasteiger partial charge in [0.25, 0.3) is 0 Å². The lowest BCUT2D eigenvalue weighted by atomic mass is 10.00. The van der Waals surface area contributed by atoms with Crippen molar-refractivity contribution in [1.29, 1.82) is 0 Å². The molecule has 1 aromatic rings. The van der Waals surface area contributed by atoms with Crippen LogP contribution in [0.4, 0.5) is 5.69 Å². The maximum absolute atomic E-state index is 5.71. The lowest BCUT2D eigenvalue weighted by Crippen LogP contribution is -2.21. The number of para-hydroxylation sites is 1. The van der Waals surface area contributed by atoms with Gasteiger partial charge in [-0.1, -0.05) is 44.6 Å². The molecule has 0 amide bonds. The Morgan fingerprint density at radius 1 is 1.35 bits per heavy atom. The number of nitrogens with one attached hydrogen (secondary N) is 1. The second-order valence-electron chi connectivity index (χ2n) is 4.70. The Morgan fingerprint density at radius 3 is 2.59 bits per heavy atom. The molecule has 0 aromatic heterocycles. The van der Waals surface area contributed by atoms with Crippen LogP contribution < -0.4 is 11.1 Å². The topological polar surface area (TPSA) is 38.0 Å². The van der Waals surface area contributed by atoms with Gasteiger partial charge in [-0.25, -0.2) is 0 Å². The van der Waals surface area contributed by atoms with Gasteiger partial charge >= 0.3 is 0 Å². The van der Waals surface area contributed by atoms with Crippen LogP contribution >= 0.6 is 12.2 Å². The molecule has 0 aliphatic carbocycles. The first kappa shape index (κ1) is 14.0. The summed E-state index contributed by atoms with van der Waals surface area (Å²) in [7, 11) is 0. The Bertz CT molecular complexity index is 376. The van der Waals surface area contributed by atoms with Gasteiger partial charge in [-0.05, 0) is 31.4 Å². The van der Waals surface area contributed by atoms with Gasteiger partial charge in [-0.2, -0.15) is 0 Å². The van der Waals surface area contributed by atoms with E-state index in [-0.39, 0.29) is 0 Å². The molecule has 0 bridgehead atoms. The second kappa shape index (κ2) is 6.60. The van der Waals surface area contributed by atoms with Crippen molar-refractivity contribution in [2.45, 2.75) is 39.7 Å². The molecule has 2 nitrogen and oxygen atoms in total. The Morgan fingerprint density at radius 2 is 2.00 bits per heavy atom. The van der Waals surface area contributed by atoms with Crippen molar-refractivity contribution in [3.8, 4) is 0 Å². The molecule has 0 aliphatic rings. The highest BCUT2D eigenvalue weighted by Gasteiger charge is 2.10. The molecular weight excluding hydrogens is 228 g/mol. The number of hydrogen-bond acceptors (Lipinski definition) is 2. The molecular formula is C14H22N2S. The minimum Gasteiger partial charge on any atom is -0.389 e. The molecule has 2 unspecified atom stereocenters. The summed E-state index contributed by atoms with van der Waals surface area (Å²) in [5.41, 5.74) is 7.68. The van der Waals surface area contributed by atoms with Gasteiger partial charge in [-0.3, -0.25) is 0 Å². The highest BCUT2D eigenvalue weighted by atomic mass is 32.1. The van der Waals surface area contributed by atoms with E-state index in [1.54, 1.807) is 0 Å². The summed E-state index contributed by atoms with van der Waals surface area (Å²) in [6.45, 7) is 6.69. The molecule has 17 heavy (non-hydrogen) atoms. The molecule has 94 valence electrons. The molecule has 0 fully saturated rings. The van der Waals surface area contributed by atoms with Crippen LogP contribution in [0.3, 0.4) is 0 Å². The monoisotopic (exact) mass is 250 g/mol. The van der Waals surface area contributed by atoms with Crippen molar-refractivity contribution in [2.24, 2.45) is 11.7 Å². The van der Waals surface area contributed by atoms with E-state index < -0.39 is 0 Å². The van der Waals surface area contributed by atoms with Crippen LogP contribution in [0.15, 0.2) is 24.3 Å². The number of anilines is 1. The molecule has 0 saturated carbocycles. The fourth-order valence-corrected chi connectivity index (χ4v) is 2.10. The quantitative estimate of drug-likeness (QED) is 0.758. The van der Waals surface area contributed by atoms with E-state index in [0.29, 0.717) is 11.0 Å². The normalized spacial score (nSPS) is 14.1. The van der Waals surface area contributed by atoms with Crippen LogP contribution in [-0.4, -0.2) is 11.0 Å². The summed E-state index contributed by atoms with van der Waals surface area (Å²) in [5.74, 6) is 0.731. The zero-order valence-corrected chi connectivity index (χ0v) is 11.7. The average Bonchev–Trinajstić information content (AvgIpc) is 2.29. The van der Waals surface area contributed by atoms with E-state index in [1.165, 1.54) is 6.42 Å². The predicted octanol–water partition coefficient (Wildman–Crippen LogP) is 3.56. The average molecular weight is 250 g/mol. The zero-order chi connectivity index (χ0) is 12.8. The standard InChI is InChI=1S/C14H22N2S/c1-4-10(2)9-11(3)16-13-8-6-5-7-12(13)14(15)17/h5-8,10-11,16H,4,9H2,1-3H3,(H2,15,17). The lowest BCUT2D eigenvalue weighted by Gasteiger charge is -2.20. The highest BCUT2D eigenvalue weighted by molar-refractivity contribution is 7.80. The first-order chi connectivity index (χ1) is 8.04. The Hall–Kier alpha value is -1.09. The van der Waals surface area contributed by atoms with Gasteiger partial charge in [0.05, 0.1) is 0 Å². The van der Waals surface area contributed by atoms with Crippen LogP contribution in [0.1, 0.15) is 39.2 Å². The number of nitrogens with two attached hydrogens (primary N) is 1. The maximum atomic E-state index is 5.71. The molecule has 1 rings (SSSR count). The van der Waals surface area contributed by atoms with Crippen molar-refractivity contribution in [3.05, 3.63) is 29.8 Å². The van der Waals surface area contributed by atoms with Gasteiger partial charge in [0.2, 0.25) is 0 Å². The van der Waals surface area contributed by atoms with Crippen LogP contribution in [0, 0.1) is 5.92 Å². The molecule has 0 spiro atoms. The zero-order valence-electron chi connectivity index (χ0n) is 10.9. The van der Waals surface area contributed by atoms with E-state index in [1.807, 2.05) is 24.3 Å². The van der Waals surface area contributed by atoms with Gasteiger partial charge < -0.3 is 11.1 Å². The molecule has 0 saturated heterocycles. The third-order valence-electron chi connectivity index (χ3n) is 3.05. The van der Waals surface area contributed by atoms with Crippen LogP contribution in [0.25, 0.3) is 0 Å². The van der Waals surface area contributed by atoms with Crippen LogP contribution in [0.2, 0.25) is 0 Å². The SMILES string of the molecule is CCC(C)CC(C)Nc1ccccc1C(N)=S. The van der Waals surface area contributed by atoms with Crippen molar-refractivity contribution in [2.75, 3.05) is 5.32 Å². The Balaban J connectivity index is 2.71. The fraction of sp³-hybridized carbons (Fsp3) is 0.500. The van der Waals surface area contributed by atoms with E-state index in [4.69, 9.17) is 18.0 Å². The first-order valence-electron chi connectivity index (χ1n) is 6.20.